The van der Waals surface area contributed by atoms with Gasteiger partial charge in [-0.3, -0.25) is 4.79 Å². The molecule has 2 aromatic carbocycles. The molecule has 3 N–H and O–H groups in total. The quantitative estimate of drug-likeness (QED) is 0.838. The van der Waals surface area contributed by atoms with E-state index in [-0.39, 0.29) is 23.8 Å². The van der Waals surface area contributed by atoms with E-state index in [0.29, 0.717) is 6.42 Å². The fourth-order valence-electron chi connectivity index (χ4n) is 3.64. The summed E-state index contributed by atoms with van der Waals surface area (Å²) in [5, 5.41) is 3.44. The Labute approximate surface area is 154 Å². The monoisotopic (exact) mass is 355 g/mol. The van der Waals surface area contributed by atoms with Gasteiger partial charge < -0.3 is 16.0 Å². The highest BCUT2D eigenvalue weighted by molar-refractivity contribution is 5.80. The van der Waals surface area contributed by atoms with Crippen molar-refractivity contribution < 1.29 is 9.18 Å². The van der Waals surface area contributed by atoms with E-state index in [1.54, 1.807) is 6.07 Å². The molecule has 26 heavy (non-hydrogen) atoms. The van der Waals surface area contributed by atoms with Crippen molar-refractivity contribution in [2.75, 3.05) is 18.0 Å². The summed E-state index contributed by atoms with van der Waals surface area (Å²) in [6, 6.07) is 14.7. The molecule has 1 heterocycles. The molecule has 2 aromatic rings. The minimum atomic E-state index is -0.360. The highest BCUT2D eigenvalue weighted by Crippen LogP contribution is 2.24. The molecule has 138 valence electrons. The van der Waals surface area contributed by atoms with Crippen LogP contribution < -0.4 is 16.0 Å². The lowest BCUT2D eigenvalue weighted by atomic mass is 9.99. The van der Waals surface area contributed by atoms with E-state index in [9.17, 15) is 9.18 Å². The van der Waals surface area contributed by atoms with Gasteiger partial charge in [-0.2, -0.15) is 0 Å². The number of hydrogen-bond acceptors (Lipinski definition) is 3. The second kappa shape index (κ2) is 8.32. The molecular weight excluding hydrogens is 329 g/mol. The molecule has 1 saturated heterocycles. The molecule has 1 atom stereocenters. The van der Waals surface area contributed by atoms with Gasteiger partial charge in [-0.15, -0.1) is 0 Å². The Balaban J connectivity index is 1.57. The molecule has 5 heteroatoms. The number of nitrogens with one attached hydrogen (secondary N) is 1. The average molecular weight is 355 g/mol. The molecule has 1 aliphatic rings. The first-order valence-electron chi connectivity index (χ1n) is 9.13. The summed E-state index contributed by atoms with van der Waals surface area (Å²) in [5.74, 6) is -0.515. The second-order valence-electron chi connectivity index (χ2n) is 7.00. The molecule has 0 unspecified atom stereocenters. The van der Waals surface area contributed by atoms with Gasteiger partial charge in [0.1, 0.15) is 5.82 Å². The third kappa shape index (κ3) is 4.61. The van der Waals surface area contributed by atoms with Gasteiger partial charge in [-0.25, -0.2) is 4.39 Å². The standard InChI is InChI=1S/C21H26FN3O/c1-15-13-17(22)7-8-20(15)25-11-9-18(10-12-25)24-19(21(23)26)14-16-5-3-2-4-6-16/h2-8,13,18-19,24H,9-12,14H2,1H3,(H2,23,26)/t19-/m0/s1. The van der Waals surface area contributed by atoms with Gasteiger partial charge in [-0.1, -0.05) is 30.3 Å². The number of carbonyl (C=O) groups is 1. The average Bonchev–Trinajstić information content (AvgIpc) is 2.63. The number of aryl methyl sites for hydroxylation is 1. The molecule has 0 spiro atoms. The number of amides is 1. The van der Waals surface area contributed by atoms with Crippen LogP contribution in [-0.2, 0) is 11.2 Å². The van der Waals surface area contributed by atoms with Crippen LogP contribution in [0.15, 0.2) is 48.5 Å². The van der Waals surface area contributed by atoms with Gasteiger partial charge in [0, 0.05) is 24.8 Å². The lowest BCUT2D eigenvalue weighted by Crippen LogP contribution is -2.51. The van der Waals surface area contributed by atoms with Gasteiger partial charge in [0.25, 0.3) is 0 Å². The summed E-state index contributed by atoms with van der Waals surface area (Å²) in [5.41, 5.74) is 8.74. The SMILES string of the molecule is Cc1cc(F)ccc1N1CCC(N[C@@H](Cc2ccccc2)C(N)=O)CC1. The van der Waals surface area contributed by atoms with E-state index in [1.165, 1.54) is 6.07 Å². The largest absolute Gasteiger partial charge is 0.371 e. The van der Waals surface area contributed by atoms with Gasteiger partial charge in [-0.05, 0) is 55.5 Å². The number of primary amides is 1. The van der Waals surface area contributed by atoms with E-state index in [4.69, 9.17) is 5.73 Å². The zero-order chi connectivity index (χ0) is 18.5. The molecule has 1 fully saturated rings. The Hall–Kier alpha value is -2.40. The van der Waals surface area contributed by atoms with Crippen molar-refractivity contribution in [2.24, 2.45) is 5.73 Å². The van der Waals surface area contributed by atoms with Crippen LogP contribution in [0.2, 0.25) is 0 Å². The van der Waals surface area contributed by atoms with Crippen molar-refractivity contribution in [3.63, 3.8) is 0 Å². The molecule has 3 rings (SSSR count). The maximum atomic E-state index is 13.3. The number of carbonyl (C=O) groups excluding carboxylic acids is 1. The maximum absolute atomic E-state index is 13.3. The van der Waals surface area contributed by atoms with Gasteiger partial charge in [0.2, 0.25) is 5.91 Å². The van der Waals surface area contributed by atoms with Crippen molar-refractivity contribution in [3.05, 3.63) is 65.5 Å². The molecule has 0 bridgehead atoms. The van der Waals surface area contributed by atoms with Crippen LogP contribution in [0.1, 0.15) is 24.0 Å². The number of anilines is 1. The third-order valence-electron chi connectivity index (χ3n) is 5.06. The van der Waals surface area contributed by atoms with Crippen molar-refractivity contribution in [1.82, 2.24) is 5.32 Å². The summed E-state index contributed by atoms with van der Waals surface area (Å²) in [4.78, 5) is 14.1. The van der Waals surface area contributed by atoms with Crippen LogP contribution in [0, 0.1) is 12.7 Å². The second-order valence-corrected chi connectivity index (χ2v) is 7.00. The minimum Gasteiger partial charge on any atom is -0.371 e. The Bertz CT molecular complexity index is 742. The van der Waals surface area contributed by atoms with Crippen molar-refractivity contribution in [1.29, 1.82) is 0 Å². The Morgan fingerprint density at radius 3 is 2.54 bits per heavy atom. The number of benzene rings is 2. The predicted octanol–water partition coefficient (Wildman–Crippen LogP) is 2.79. The van der Waals surface area contributed by atoms with Gasteiger partial charge in [0.15, 0.2) is 0 Å². The van der Waals surface area contributed by atoms with Crippen LogP contribution in [0.5, 0.6) is 0 Å². The van der Waals surface area contributed by atoms with E-state index in [1.807, 2.05) is 43.3 Å². The smallest absolute Gasteiger partial charge is 0.234 e. The topological polar surface area (TPSA) is 58.4 Å². The normalized spacial score (nSPS) is 16.5. The summed E-state index contributed by atoms with van der Waals surface area (Å²) in [6.07, 6.45) is 2.46. The number of hydrogen-bond donors (Lipinski definition) is 2. The number of nitrogens with zero attached hydrogens (tertiary/aromatic N) is 1. The fourth-order valence-corrected chi connectivity index (χ4v) is 3.64. The molecular formula is C21H26FN3O. The molecule has 0 aromatic heterocycles. The summed E-state index contributed by atoms with van der Waals surface area (Å²) >= 11 is 0. The first-order chi connectivity index (χ1) is 12.5. The molecule has 4 nitrogen and oxygen atoms in total. The lowest BCUT2D eigenvalue weighted by molar-refractivity contribution is -0.120. The molecule has 0 saturated carbocycles. The Kier molecular flexibility index (Phi) is 5.89. The van der Waals surface area contributed by atoms with E-state index < -0.39 is 0 Å². The van der Waals surface area contributed by atoms with Crippen LogP contribution in [0.4, 0.5) is 10.1 Å². The van der Waals surface area contributed by atoms with Crippen LogP contribution in [0.3, 0.4) is 0 Å². The van der Waals surface area contributed by atoms with Crippen LogP contribution >= 0.6 is 0 Å². The number of halogens is 1. The summed E-state index contributed by atoms with van der Waals surface area (Å²) < 4.78 is 13.3. The first-order valence-corrected chi connectivity index (χ1v) is 9.13. The summed E-state index contributed by atoms with van der Waals surface area (Å²) in [6.45, 7) is 3.69. The number of nitrogens with two attached hydrogens (primary N) is 1. The molecule has 0 radical (unpaired) electrons. The Morgan fingerprint density at radius 1 is 1.23 bits per heavy atom. The number of rotatable bonds is 6. The van der Waals surface area contributed by atoms with Crippen LogP contribution in [-0.4, -0.2) is 31.1 Å². The third-order valence-corrected chi connectivity index (χ3v) is 5.06. The predicted molar refractivity (Wildman–Crippen MR) is 103 cm³/mol. The van der Waals surface area contributed by atoms with Crippen molar-refractivity contribution in [3.8, 4) is 0 Å². The lowest BCUT2D eigenvalue weighted by Gasteiger charge is -2.36. The van der Waals surface area contributed by atoms with Crippen LogP contribution in [0.25, 0.3) is 0 Å². The fraction of sp³-hybridized carbons (Fsp3) is 0.381. The van der Waals surface area contributed by atoms with Crippen molar-refractivity contribution in [2.45, 2.75) is 38.3 Å². The first kappa shape index (κ1) is 18.4. The molecule has 1 aliphatic heterocycles. The highest BCUT2D eigenvalue weighted by atomic mass is 19.1. The van der Waals surface area contributed by atoms with Gasteiger partial charge >= 0.3 is 0 Å². The van der Waals surface area contributed by atoms with Crippen molar-refractivity contribution >= 4 is 11.6 Å². The number of piperidine rings is 1. The molecule has 1 amide bonds. The highest BCUT2D eigenvalue weighted by Gasteiger charge is 2.25. The Morgan fingerprint density at radius 2 is 1.92 bits per heavy atom. The van der Waals surface area contributed by atoms with E-state index >= 15 is 0 Å². The zero-order valence-electron chi connectivity index (χ0n) is 15.1. The maximum Gasteiger partial charge on any atom is 0.234 e. The zero-order valence-corrected chi connectivity index (χ0v) is 15.1. The minimum absolute atomic E-state index is 0.201. The van der Waals surface area contributed by atoms with E-state index in [0.717, 1.165) is 42.7 Å². The van der Waals surface area contributed by atoms with Gasteiger partial charge in [0.05, 0.1) is 6.04 Å². The van der Waals surface area contributed by atoms with E-state index in [2.05, 4.69) is 10.2 Å². The molecule has 0 aliphatic carbocycles. The summed E-state index contributed by atoms with van der Waals surface area (Å²) in [7, 11) is 0.